The molecule has 0 fully saturated rings. The molecule has 174 valence electrons. The summed E-state index contributed by atoms with van der Waals surface area (Å²) >= 11 is 1.67. The molecule has 0 bridgehead atoms. The van der Waals surface area contributed by atoms with Crippen LogP contribution in [-0.2, 0) is 12.8 Å². The van der Waals surface area contributed by atoms with Crippen LogP contribution in [0.3, 0.4) is 0 Å². The first kappa shape index (κ1) is 22.2. The number of fused-ring (bicyclic) bond motifs is 1. The minimum atomic E-state index is -0.247. The van der Waals surface area contributed by atoms with Gasteiger partial charge >= 0.3 is 0 Å². The zero-order chi connectivity index (χ0) is 23.5. The van der Waals surface area contributed by atoms with E-state index in [9.17, 15) is 4.79 Å². The number of rotatable bonds is 7. The van der Waals surface area contributed by atoms with Gasteiger partial charge in [-0.15, -0.1) is 11.3 Å². The number of thiophene rings is 1. The zero-order valence-electron chi connectivity index (χ0n) is 19.3. The first-order valence-corrected chi connectivity index (χ1v) is 12.3. The Labute approximate surface area is 203 Å². The molecule has 0 spiro atoms. The van der Waals surface area contributed by atoms with Crippen molar-refractivity contribution < 1.29 is 13.9 Å². The molecule has 0 radical (unpaired) electrons. The van der Waals surface area contributed by atoms with E-state index >= 15 is 0 Å². The monoisotopic (exact) mass is 473 g/mol. The maximum Gasteiger partial charge on any atom is 0.291 e. The van der Waals surface area contributed by atoms with Crippen LogP contribution in [0.4, 0.5) is 10.8 Å². The van der Waals surface area contributed by atoms with E-state index in [0.29, 0.717) is 5.76 Å². The topological polar surface area (TPSA) is 76.4 Å². The fraction of sp³-hybridized carbons (Fsp3) is 0.259. The number of hydrogen-bond donors (Lipinski definition) is 2. The summed E-state index contributed by atoms with van der Waals surface area (Å²) in [4.78, 5) is 19.0. The highest BCUT2D eigenvalue weighted by Crippen LogP contribution is 2.44. The maximum absolute atomic E-state index is 13.0. The normalized spacial score (nSPS) is 13.7. The van der Waals surface area contributed by atoms with E-state index in [1.54, 1.807) is 30.6 Å². The number of furan rings is 1. The highest BCUT2D eigenvalue weighted by atomic mass is 32.1. The van der Waals surface area contributed by atoms with E-state index in [4.69, 9.17) is 14.1 Å². The van der Waals surface area contributed by atoms with Crippen molar-refractivity contribution in [2.45, 2.75) is 38.6 Å². The molecule has 0 saturated carbocycles. The molecule has 7 heteroatoms. The van der Waals surface area contributed by atoms with E-state index in [1.165, 1.54) is 16.7 Å². The fourth-order valence-corrected chi connectivity index (χ4v) is 5.80. The Balaban J connectivity index is 1.63. The zero-order valence-corrected chi connectivity index (χ0v) is 20.1. The lowest BCUT2D eigenvalue weighted by atomic mass is 9.89. The van der Waals surface area contributed by atoms with Gasteiger partial charge in [0, 0.05) is 16.1 Å². The van der Waals surface area contributed by atoms with E-state index in [0.717, 1.165) is 59.1 Å². The summed E-state index contributed by atoms with van der Waals surface area (Å²) in [6.45, 7) is 1.98. The Bertz CT molecular complexity index is 1300. The van der Waals surface area contributed by atoms with E-state index in [1.807, 2.05) is 43.3 Å². The van der Waals surface area contributed by atoms with Gasteiger partial charge in [-0.2, -0.15) is 0 Å². The van der Waals surface area contributed by atoms with Crippen LogP contribution in [0.15, 0.2) is 65.3 Å². The third-order valence-electron chi connectivity index (χ3n) is 6.08. The summed E-state index contributed by atoms with van der Waals surface area (Å²) < 4.78 is 10.9. The molecule has 2 N–H and O–H groups in total. The predicted molar refractivity (Wildman–Crippen MR) is 135 cm³/mol. The van der Waals surface area contributed by atoms with Gasteiger partial charge in [0.2, 0.25) is 0 Å². The average Bonchev–Trinajstić information content (AvgIpc) is 3.51. The molecule has 0 aliphatic heterocycles. The molecule has 1 atom stereocenters. The first-order chi connectivity index (χ1) is 16.6. The largest absolute Gasteiger partial charge is 0.497 e. The highest BCUT2D eigenvalue weighted by Gasteiger charge is 2.29. The van der Waals surface area contributed by atoms with Crippen LogP contribution in [-0.4, -0.2) is 18.0 Å². The SMILES string of the molecule is COc1cccc([C@@H](Nc2cccc(C)n2)c2c(NC(=O)c3ccco3)sc3c2CCCC3)c1. The number of nitrogens with zero attached hydrogens (tertiary/aromatic N) is 1. The van der Waals surface area contributed by atoms with Crippen LogP contribution in [0.25, 0.3) is 0 Å². The second-order valence-corrected chi connectivity index (χ2v) is 9.51. The number of pyridine rings is 1. The first-order valence-electron chi connectivity index (χ1n) is 11.5. The summed E-state index contributed by atoms with van der Waals surface area (Å²) in [5.41, 5.74) is 4.39. The van der Waals surface area contributed by atoms with Crippen molar-refractivity contribution in [1.29, 1.82) is 0 Å². The minimum absolute atomic E-state index is 0.214. The number of hydrogen-bond acceptors (Lipinski definition) is 6. The van der Waals surface area contributed by atoms with Crippen molar-refractivity contribution in [1.82, 2.24) is 4.98 Å². The van der Waals surface area contributed by atoms with Gasteiger partial charge in [0.25, 0.3) is 5.91 Å². The Hall–Kier alpha value is -3.58. The number of benzene rings is 1. The van der Waals surface area contributed by atoms with Crippen molar-refractivity contribution >= 4 is 28.1 Å². The van der Waals surface area contributed by atoms with Gasteiger partial charge in [-0.05, 0) is 80.1 Å². The Morgan fingerprint density at radius 1 is 1.12 bits per heavy atom. The van der Waals surface area contributed by atoms with Gasteiger partial charge in [0.05, 0.1) is 19.4 Å². The number of nitrogens with one attached hydrogen (secondary N) is 2. The molecule has 4 aromatic rings. The molecule has 6 nitrogen and oxygen atoms in total. The number of amides is 1. The molecule has 34 heavy (non-hydrogen) atoms. The van der Waals surface area contributed by atoms with Gasteiger partial charge in [-0.3, -0.25) is 4.79 Å². The van der Waals surface area contributed by atoms with Crippen LogP contribution < -0.4 is 15.4 Å². The third kappa shape index (κ3) is 4.56. The average molecular weight is 474 g/mol. The van der Waals surface area contributed by atoms with Crippen molar-refractivity contribution in [3.05, 3.63) is 93.9 Å². The lowest BCUT2D eigenvalue weighted by molar-refractivity contribution is 0.0997. The number of anilines is 2. The maximum atomic E-state index is 13.0. The van der Waals surface area contributed by atoms with Crippen molar-refractivity contribution in [3.63, 3.8) is 0 Å². The minimum Gasteiger partial charge on any atom is -0.497 e. The molecule has 0 unspecified atom stereocenters. The van der Waals surface area contributed by atoms with Crippen molar-refractivity contribution in [3.8, 4) is 5.75 Å². The van der Waals surface area contributed by atoms with Gasteiger partial charge in [-0.25, -0.2) is 4.98 Å². The van der Waals surface area contributed by atoms with E-state index < -0.39 is 0 Å². The van der Waals surface area contributed by atoms with Crippen molar-refractivity contribution in [2.24, 2.45) is 0 Å². The molecule has 1 aliphatic rings. The van der Waals surface area contributed by atoms with Crippen LogP contribution in [0.5, 0.6) is 5.75 Å². The van der Waals surface area contributed by atoms with E-state index in [-0.39, 0.29) is 11.9 Å². The number of aromatic nitrogens is 1. The van der Waals surface area contributed by atoms with Gasteiger partial charge < -0.3 is 19.8 Å². The summed E-state index contributed by atoms with van der Waals surface area (Å²) in [6.07, 6.45) is 5.82. The number of carbonyl (C=O) groups excluding carboxylic acids is 1. The van der Waals surface area contributed by atoms with Gasteiger partial charge in [0.15, 0.2) is 5.76 Å². The van der Waals surface area contributed by atoms with Crippen molar-refractivity contribution in [2.75, 3.05) is 17.7 Å². The number of ether oxygens (including phenoxy) is 1. The second-order valence-electron chi connectivity index (χ2n) is 8.40. The molecule has 0 saturated heterocycles. The van der Waals surface area contributed by atoms with Crippen LogP contribution >= 0.6 is 11.3 Å². The standard InChI is InChI=1S/C27H27N3O3S/c1-17-8-5-14-23(28-17)29-25(18-9-6-10-19(16-18)32-2)24-20-11-3-4-13-22(20)34-27(24)30-26(31)21-12-7-15-33-21/h5-10,12,14-16,25H,3-4,11,13H2,1-2H3,(H,28,29)(H,30,31)/t25-/m1/s1. The van der Waals surface area contributed by atoms with Gasteiger partial charge in [-0.1, -0.05) is 18.2 Å². The predicted octanol–water partition coefficient (Wildman–Crippen LogP) is 6.39. The number of methoxy groups -OCH3 is 1. The van der Waals surface area contributed by atoms with Crippen LogP contribution in [0, 0.1) is 6.92 Å². The van der Waals surface area contributed by atoms with Crippen LogP contribution in [0.1, 0.15) is 56.7 Å². The smallest absolute Gasteiger partial charge is 0.291 e. The quantitative estimate of drug-likeness (QED) is 0.325. The molecule has 1 aromatic carbocycles. The second kappa shape index (κ2) is 9.73. The summed E-state index contributed by atoms with van der Waals surface area (Å²) in [7, 11) is 1.67. The molecular formula is C27H27N3O3S. The lowest BCUT2D eigenvalue weighted by Crippen LogP contribution is -2.19. The summed E-state index contributed by atoms with van der Waals surface area (Å²) in [5, 5.41) is 7.64. The summed E-state index contributed by atoms with van der Waals surface area (Å²) in [6, 6.07) is 17.2. The molecule has 5 rings (SSSR count). The van der Waals surface area contributed by atoms with Crippen LogP contribution in [0.2, 0.25) is 0 Å². The summed E-state index contributed by atoms with van der Waals surface area (Å²) in [5.74, 6) is 1.62. The Kier molecular flexibility index (Phi) is 6.36. The molecule has 1 amide bonds. The number of aryl methyl sites for hydroxylation is 2. The van der Waals surface area contributed by atoms with Gasteiger partial charge in [0.1, 0.15) is 16.6 Å². The molecular weight excluding hydrogens is 446 g/mol. The number of carbonyl (C=O) groups is 1. The molecule has 3 heterocycles. The molecule has 1 aliphatic carbocycles. The third-order valence-corrected chi connectivity index (χ3v) is 7.30. The molecule has 3 aromatic heterocycles. The Morgan fingerprint density at radius 3 is 2.76 bits per heavy atom. The van der Waals surface area contributed by atoms with E-state index in [2.05, 4.69) is 16.7 Å². The fourth-order valence-electron chi connectivity index (χ4n) is 4.48. The highest BCUT2D eigenvalue weighted by molar-refractivity contribution is 7.16. The Morgan fingerprint density at radius 2 is 1.97 bits per heavy atom. The lowest BCUT2D eigenvalue weighted by Gasteiger charge is -2.24.